The Morgan fingerprint density at radius 3 is 2.15 bits per heavy atom. The van der Waals surface area contributed by atoms with Crippen LogP contribution in [0.25, 0.3) is 11.2 Å². The number of nitrogens with one attached hydrogen (secondary N) is 3. The number of ether oxygens (including phenoxy) is 5. The molecule has 1 saturated heterocycles. The Morgan fingerprint density at radius 2 is 1.58 bits per heavy atom. The Bertz CT molecular complexity index is 2140. The van der Waals surface area contributed by atoms with Crippen molar-refractivity contribution in [3.05, 3.63) is 112 Å². The molecular weight excluding hydrogens is 710 g/mol. The summed E-state index contributed by atoms with van der Waals surface area (Å²) in [5, 5.41) is 17.7. The van der Waals surface area contributed by atoms with Crippen molar-refractivity contribution in [3.8, 4) is 11.5 Å². The van der Waals surface area contributed by atoms with E-state index in [1.54, 1.807) is 28.3 Å². The summed E-state index contributed by atoms with van der Waals surface area (Å²) in [6.07, 6.45) is -3.99. The fourth-order valence-corrected chi connectivity index (χ4v) is 6.49. The molecule has 288 valence electrons. The number of imidazole rings is 1. The second-order valence-electron chi connectivity index (χ2n) is 12.7. The lowest BCUT2D eigenvalue weighted by molar-refractivity contribution is -0.159. The molecule has 3 heterocycles. The summed E-state index contributed by atoms with van der Waals surface area (Å²) < 4.78 is 31.7. The lowest BCUT2D eigenvalue weighted by Gasteiger charge is -2.37. The zero-order chi connectivity index (χ0) is 39.1. The molecule has 0 radical (unpaired) electrons. The highest BCUT2D eigenvalue weighted by Crippen LogP contribution is 2.43. The average Bonchev–Trinajstić information content (AvgIpc) is 3.77. The summed E-state index contributed by atoms with van der Waals surface area (Å²) in [6, 6.07) is 24.5. The molecule has 4 N–H and O–H groups in total. The van der Waals surface area contributed by atoms with Gasteiger partial charge in [-0.2, -0.15) is 4.98 Å². The summed E-state index contributed by atoms with van der Waals surface area (Å²) in [4.78, 5) is 53.4. The molecule has 16 nitrogen and oxygen atoms in total. The second kappa shape index (κ2) is 16.9. The van der Waals surface area contributed by atoms with E-state index in [0.29, 0.717) is 17.5 Å². The molecule has 0 spiro atoms. The van der Waals surface area contributed by atoms with Crippen molar-refractivity contribution in [3.63, 3.8) is 0 Å². The number of hydrogen-bond acceptors (Lipinski definition) is 12. The van der Waals surface area contributed by atoms with Gasteiger partial charge in [0.2, 0.25) is 5.95 Å². The molecule has 0 saturated carbocycles. The van der Waals surface area contributed by atoms with Gasteiger partial charge in [-0.25, -0.2) is 4.98 Å². The number of aliphatic imine (C=N–C) groups is 1. The first-order chi connectivity index (χ1) is 26.6. The third-order valence-electron chi connectivity index (χ3n) is 9.30. The number of ketones is 1. The maximum Gasteiger partial charge on any atom is 0.306 e. The molecule has 55 heavy (non-hydrogen) atoms. The highest BCUT2D eigenvalue weighted by Gasteiger charge is 2.49. The number of rotatable bonds is 14. The van der Waals surface area contributed by atoms with Crippen molar-refractivity contribution < 1.29 is 38.4 Å². The number of anilines is 1. The molecule has 0 unspecified atom stereocenters. The topological polar surface area (TPSA) is 201 Å². The van der Waals surface area contributed by atoms with Crippen LogP contribution < -0.4 is 25.7 Å². The predicted octanol–water partition coefficient (Wildman–Crippen LogP) is 3.30. The Kier molecular flexibility index (Phi) is 11.9. The van der Waals surface area contributed by atoms with Gasteiger partial charge in [0.15, 0.2) is 29.5 Å². The Labute approximate surface area is 316 Å². The summed E-state index contributed by atoms with van der Waals surface area (Å²) >= 11 is 0. The molecule has 1 aliphatic heterocycles. The lowest BCUT2D eigenvalue weighted by Crippen LogP contribution is -2.40. The van der Waals surface area contributed by atoms with Crippen LogP contribution in [0.1, 0.15) is 42.7 Å². The van der Waals surface area contributed by atoms with E-state index >= 15 is 0 Å². The molecule has 0 aliphatic carbocycles. The molecule has 4 atom stereocenters. The quantitative estimate of drug-likeness (QED) is 0.0558. The van der Waals surface area contributed by atoms with E-state index in [9.17, 15) is 19.5 Å². The van der Waals surface area contributed by atoms with Crippen LogP contribution in [0, 0.1) is 0 Å². The van der Waals surface area contributed by atoms with Crippen LogP contribution in [-0.4, -0.2) is 95.6 Å². The molecule has 0 amide bonds. The smallest absolute Gasteiger partial charge is 0.306 e. The number of methoxy groups -OCH3 is 2. The zero-order valence-electron chi connectivity index (χ0n) is 31.0. The standard InChI is InChI=1S/C39H43N7O9/c1-23(47)11-20-30(48)55-33-32(49)29(54-36(33)46-22-42-31-34(46)43-38(44-35(31)50)45-37(40-2)41-3)21-53-39(24-9-7-6-8-10-24,25-12-16-27(51-4)17-13-25)26-14-18-28(52-5)19-15-26/h6-10,12-19,22,29,32-33,36,49H,11,20-21H2,1-5H3,(H3,40,41,43,44,45,50)/t29-,32-,33-,36-/m1/s1. The molecule has 16 heteroatoms. The first-order valence-electron chi connectivity index (χ1n) is 17.5. The fraction of sp³-hybridized carbons (Fsp3) is 0.333. The van der Waals surface area contributed by atoms with Gasteiger partial charge < -0.3 is 38.9 Å². The molecular formula is C39H43N7O9. The van der Waals surface area contributed by atoms with Gasteiger partial charge in [0.05, 0.1) is 33.6 Å². The maximum atomic E-state index is 13.1. The van der Waals surface area contributed by atoms with E-state index in [0.717, 1.165) is 16.7 Å². The molecule has 2 aromatic heterocycles. The van der Waals surface area contributed by atoms with Crippen LogP contribution >= 0.6 is 0 Å². The van der Waals surface area contributed by atoms with Crippen LogP contribution in [0.15, 0.2) is 95.0 Å². The highest BCUT2D eigenvalue weighted by molar-refractivity contribution is 5.92. The fourth-order valence-electron chi connectivity index (χ4n) is 6.49. The summed E-state index contributed by atoms with van der Waals surface area (Å²) in [5.41, 5.74) is 0.531. The zero-order valence-corrected chi connectivity index (χ0v) is 31.0. The van der Waals surface area contributed by atoms with Crippen molar-refractivity contribution in [1.29, 1.82) is 0 Å². The monoisotopic (exact) mass is 753 g/mol. The first kappa shape index (κ1) is 38.6. The number of aliphatic hydroxyl groups is 1. The summed E-state index contributed by atoms with van der Waals surface area (Å²) in [6.45, 7) is 1.16. The van der Waals surface area contributed by atoms with Gasteiger partial charge in [0, 0.05) is 20.5 Å². The normalized spacial score (nSPS) is 18.5. The molecule has 3 aromatic carbocycles. The van der Waals surface area contributed by atoms with E-state index in [4.69, 9.17) is 23.7 Å². The van der Waals surface area contributed by atoms with Crippen LogP contribution in [0.3, 0.4) is 0 Å². The SMILES string of the molecule is CN=C(NC)Nc1nc2c(ncn2[C@@H]2O[C@H](COC(c3ccccc3)(c3ccc(OC)cc3)c3ccc(OC)cc3)[C@@H](O)[C@H]2OC(=O)CCC(C)=O)c(=O)[nH]1. The summed E-state index contributed by atoms with van der Waals surface area (Å²) in [7, 11) is 6.37. The number of nitrogens with zero attached hydrogens (tertiary/aromatic N) is 4. The van der Waals surface area contributed by atoms with Crippen molar-refractivity contribution >= 4 is 34.8 Å². The number of aliphatic hydroxyl groups excluding tert-OH is 1. The number of H-pyrrole nitrogens is 1. The van der Waals surface area contributed by atoms with E-state index in [1.807, 2.05) is 78.9 Å². The first-order valence-corrected chi connectivity index (χ1v) is 17.5. The van der Waals surface area contributed by atoms with E-state index in [2.05, 4.69) is 30.6 Å². The van der Waals surface area contributed by atoms with Gasteiger partial charge in [0.1, 0.15) is 35.1 Å². The van der Waals surface area contributed by atoms with Crippen LogP contribution in [0.5, 0.6) is 11.5 Å². The second-order valence-corrected chi connectivity index (χ2v) is 12.7. The largest absolute Gasteiger partial charge is 0.497 e. The third kappa shape index (κ3) is 8.06. The molecule has 1 aliphatic rings. The van der Waals surface area contributed by atoms with Crippen molar-refractivity contribution in [2.75, 3.05) is 40.2 Å². The van der Waals surface area contributed by atoms with E-state index < -0.39 is 41.7 Å². The third-order valence-corrected chi connectivity index (χ3v) is 9.30. The maximum absolute atomic E-state index is 13.1. The van der Waals surface area contributed by atoms with E-state index in [1.165, 1.54) is 17.8 Å². The van der Waals surface area contributed by atoms with Crippen LogP contribution in [-0.2, 0) is 29.4 Å². The minimum absolute atomic E-state index is 0.0217. The number of esters is 1. The molecule has 5 aromatic rings. The van der Waals surface area contributed by atoms with Crippen LogP contribution in [0.2, 0.25) is 0 Å². The molecule has 1 fully saturated rings. The van der Waals surface area contributed by atoms with Crippen LogP contribution in [0.4, 0.5) is 5.95 Å². The van der Waals surface area contributed by atoms with Crippen molar-refractivity contribution in [1.82, 2.24) is 24.8 Å². The molecule has 6 rings (SSSR count). The minimum atomic E-state index is -1.44. The number of aromatic nitrogens is 4. The van der Waals surface area contributed by atoms with Gasteiger partial charge in [-0.15, -0.1) is 0 Å². The predicted molar refractivity (Wildman–Crippen MR) is 202 cm³/mol. The number of Topliss-reactive ketones (excluding diaryl/α,β-unsaturated/α-hetero) is 1. The van der Waals surface area contributed by atoms with Crippen molar-refractivity contribution in [2.45, 2.75) is 49.9 Å². The Hall–Kier alpha value is -6.10. The van der Waals surface area contributed by atoms with Gasteiger partial charge >= 0.3 is 5.97 Å². The number of fused-ring (bicyclic) bond motifs is 1. The average molecular weight is 754 g/mol. The number of carbonyl (C=O) groups is 2. The van der Waals surface area contributed by atoms with Gasteiger partial charge in [-0.05, 0) is 47.9 Å². The number of guanidine groups is 1. The summed E-state index contributed by atoms with van der Waals surface area (Å²) in [5.74, 6) is 0.753. The van der Waals surface area contributed by atoms with Gasteiger partial charge in [0.25, 0.3) is 5.56 Å². The minimum Gasteiger partial charge on any atom is -0.497 e. The van der Waals surface area contributed by atoms with Crippen molar-refractivity contribution in [2.24, 2.45) is 4.99 Å². The van der Waals surface area contributed by atoms with E-state index in [-0.39, 0.29) is 42.3 Å². The number of aromatic amines is 1. The lowest BCUT2D eigenvalue weighted by atomic mass is 9.80. The van der Waals surface area contributed by atoms with Gasteiger partial charge in [-0.1, -0.05) is 54.6 Å². The number of benzene rings is 3. The number of carbonyl (C=O) groups excluding carboxylic acids is 2. The Morgan fingerprint density at radius 1 is 0.964 bits per heavy atom. The Balaban J connectivity index is 1.42. The highest BCUT2D eigenvalue weighted by atomic mass is 16.6. The van der Waals surface area contributed by atoms with Gasteiger partial charge in [-0.3, -0.25) is 29.4 Å². The molecule has 0 bridgehead atoms. The number of hydrogen-bond donors (Lipinski definition) is 4.